The van der Waals surface area contributed by atoms with Crippen molar-refractivity contribution in [3.8, 4) is 0 Å². The van der Waals surface area contributed by atoms with Gasteiger partial charge in [-0.05, 0) is 42.7 Å². The van der Waals surface area contributed by atoms with Gasteiger partial charge >= 0.3 is 0 Å². The zero-order valence-electron chi connectivity index (χ0n) is 9.85. The lowest BCUT2D eigenvalue weighted by molar-refractivity contribution is 0.0895. The Morgan fingerprint density at radius 1 is 1.23 bits per heavy atom. The second kappa shape index (κ2) is 4.00. The van der Waals surface area contributed by atoms with E-state index in [4.69, 9.17) is 0 Å². The summed E-state index contributed by atoms with van der Waals surface area (Å²) in [4.78, 5) is 0. The van der Waals surface area contributed by atoms with Crippen LogP contribution in [0.15, 0.2) is 0 Å². The molecule has 1 nitrogen and oxygen atoms in total. The molecule has 1 heteroatoms. The zero-order chi connectivity index (χ0) is 10.1. The number of nitrogens with one attached hydrogen (secondary N) is 1. The molecule has 13 heavy (non-hydrogen) atoms. The molecule has 1 fully saturated rings. The zero-order valence-corrected chi connectivity index (χ0v) is 9.85. The molecule has 1 rings (SSSR count). The van der Waals surface area contributed by atoms with Gasteiger partial charge in [0.1, 0.15) is 0 Å². The van der Waals surface area contributed by atoms with E-state index in [0.29, 0.717) is 5.41 Å². The van der Waals surface area contributed by atoms with Crippen molar-refractivity contribution in [3.63, 3.8) is 0 Å². The molecule has 1 aliphatic heterocycles. The molecule has 1 N–H and O–H groups in total. The molecule has 1 aliphatic rings. The van der Waals surface area contributed by atoms with Gasteiger partial charge in [-0.1, -0.05) is 34.6 Å². The molecular formula is C12H25N. The first-order valence-corrected chi connectivity index (χ1v) is 5.63. The van der Waals surface area contributed by atoms with Crippen LogP contribution in [0.3, 0.4) is 0 Å². The summed E-state index contributed by atoms with van der Waals surface area (Å²) in [5.41, 5.74) is 0.461. The van der Waals surface area contributed by atoms with Crippen molar-refractivity contribution in [3.05, 3.63) is 0 Å². The predicted octanol–water partition coefficient (Wildman–Crippen LogP) is 2.91. The van der Waals surface area contributed by atoms with Gasteiger partial charge < -0.3 is 5.32 Å². The minimum absolute atomic E-state index is 0.461. The first-order chi connectivity index (χ1) is 5.93. The molecular weight excluding hydrogens is 158 g/mol. The maximum Gasteiger partial charge on any atom is -0.00128 e. The second-order valence-electron chi connectivity index (χ2n) is 5.87. The molecule has 2 atom stereocenters. The van der Waals surface area contributed by atoms with Gasteiger partial charge in [-0.2, -0.15) is 0 Å². The lowest BCUT2D eigenvalue weighted by Crippen LogP contribution is -2.44. The van der Waals surface area contributed by atoms with E-state index in [0.717, 1.165) is 17.8 Å². The summed E-state index contributed by atoms with van der Waals surface area (Å²) in [6.45, 7) is 14.3. The Morgan fingerprint density at radius 2 is 1.85 bits per heavy atom. The molecule has 2 unspecified atom stereocenters. The fraction of sp³-hybridized carbons (Fsp3) is 1.00. The third kappa shape index (κ3) is 2.70. The lowest BCUT2D eigenvalue weighted by atomic mass is 9.67. The highest BCUT2D eigenvalue weighted by Gasteiger charge is 2.35. The lowest BCUT2D eigenvalue weighted by Gasteiger charge is -2.42. The average Bonchev–Trinajstić information content (AvgIpc) is 2.03. The van der Waals surface area contributed by atoms with Crippen molar-refractivity contribution in [1.82, 2.24) is 5.32 Å². The van der Waals surface area contributed by atoms with Gasteiger partial charge in [0.15, 0.2) is 0 Å². The molecule has 0 amide bonds. The number of hydrogen-bond acceptors (Lipinski definition) is 1. The molecule has 1 heterocycles. The SMILES string of the molecule is CC(C)C1CCNCC1C(C)(C)C. The third-order valence-corrected chi connectivity index (χ3v) is 3.50. The van der Waals surface area contributed by atoms with Crippen LogP contribution in [0.1, 0.15) is 41.0 Å². The molecule has 1 saturated heterocycles. The van der Waals surface area contributed by atoms with Gasteiger partial charge in [0.2, 0.25) is 0 Å². The molecule has 78 valence electrons. The van der Waals surface area contributed by atoms with Crippen LogP contribution in [-0.2, 0) is 0 Å². The van der Waals surface area contributed by atoms with Crippen LogP contribution in [0.25, 0.3) is 0 Å². The highest BCUT2D eigenvalue weighted by atomic mass is 14.9. The van der Waals surface area contributed by atoms with Gasteiger partial charge in [-0.15, -0.1) is 0 Å². The Labute approximate surface area is 83.3 Å². The first kappa shape index (κ1) is 11.0. The van der Waals surface area contributed by atoms with Gasteiger partial charge in [-0.25, -0.2) is 0 Å². The molecule has 0 spiro atoms. The van der Waals surface area contributed by atoms with Gasteiger partial charge in [0.25, 0.3) is 0 Å². The van der Waals surface area contributed by atoms with Crippen LogP contribution in [-0.4, -0.2) is 13.1 Å². The summed E-state index contributed by atoms with van der Waals surface area (Å²) in [7, 11) is 0. The second-order valence-corrected chi connectivity index (χ2v) is 5.87. The molecule has 0 saturated carbocycles. The van der Waals surface area contributed by atoms with Crippen LogP contribution in [0.2, 0.25) is 0 Å². The highest BCUT2D eigenvalue weighted by Crippen LogP contribution is 2.38. The van der Waals surface area contributed by atoms with Gasteiger partial charge in [0, 0.05) is 0 Å². The standard InChI is InChI=1S/C12H25N/c1-9(2)10-6-7-13-8-11(10)12(3,4)5/h9-11,13H,6-8H2,1-5H3. The fourth-order valence-corrected chi connectivity index (χ4v) is 2.63. The van der Waals surface area contributed by atoms with Crippen LogP contribution in [0, 0.1) is 23.2 Å². The summed E-state index contributed by atoms with van der Waals surface area (Å²) in [6.07, 6.45) is 1.36. The van der Waals surface area contributed by atoms with E-state index >= 15 is 0 Å². The normalized spacial score (nSPS) is 30.9. The van der Waals surface area contributed by atoms with Crippen molar-refractivity contribution in [2.24, 2.45) is 23.2 Å². The Balaban J connectivity index is 2.67. The fourth-order valence-electron chi connectivity index (χ4n) is 2.63. The summed E-state index contributed by atoms with van der Waals surface area (Å²) >= 11 is 0. The Morgan fingerprint density at radius 3 is 2.23 bits per heavy atom. The van der Waals surface area contributed by atoms with Crippen molar-refractivity contribution in [2.75, 3.05) is 13.1 Å². The summed E-state index contributed by atoms with van der Waals surface area (Å²) in [6, 6.07) is 0. The minimum atomic E-state index is 0.461. The molecule has 0 aromatic rings. The average molecular weight is 183 g/mol. The van der Waals surface area contributed by atoms with Crippen molar-refractivity contribution in [2.45, 2.75) is 41.0 Å². The quantitative estimate of drug-likeness (QED) is 0.659. The van der Waals surface area contributed by atoms with Crippen molar-refractivity contribution >= 4 is 0 Å². The number of piperidine rings is 1. The molecule has 0 aromatic heterocycles. The largest absolute Gasteiger partial charge is 0.316 e. The molecule has 0 bridgehead atoms. The minimum Gasteiger partial charge on any atom is -0.316 e. The summed E-state index contributed by atoms with van der Waals surface area (Å²) in [5.74, 6) is 2.61. The Hall–Kier alpha value is -0.0400. The summed E-state index contributed by atoms with van der Waals surface area (Å²) in [5, 5.41) is 3.53. The molecule has 0 aromatic carbocycles. The molecule has 0 aliphatic carbocycles. The van der Waals surface area contributed by atoms with E-state index in [-0.39, 0.29) is 0 Å². The van der Waals surface area contributed by atoms with Crippen LogP contribution in [0.5, 0.6) is 0 Å². The highest BCUT2D eigenvalue weighted by molar-refractivity contribution is 4.87. The summed E-state index contributed by atoms with van der Waals surface area (Å²) < 4.78 is 0. The van der Waals surface area contributed by atoms with Crippen molar-refractivity contribution < 1.29 is 0 Å². The van der Waals surface area contributed by atoms with E-state index in [1.807, 2.05) is 0 Å². The smallest absolute Gasteiger partial charge is 0.00128 e. The van der Waals surface area contributed by atoms with E-state index in [9.17, 15) is 0 Å². The third-order valence-electron chi connectivity index (χ3n) is 3.50. The maximum absolute atomic E-state index is 3.53. The van der Waals surface area contributed by atoms with E-state index < -0.39 is 0 Å². The van der Waals surface area contributed by atoms with Crippen LogP contribution >= 0.6 is 0 Å². The monoisotopic (exact) mass is 183 g/mol. The topological polar surface area (TPSA) is 12.0 Å². The Bertz CT molecular complexity index is 155. The van der Waals surface area contributed by atoms with E-state index in [2.05, 4.69) is 39.9 Å². The van der Waals surface area contributed by atoms with Crippen LogP contribution < -0.4 is 5.32 Å². The Kier molecular flexibility index (Phi) is 3.39. The number of hydrogen-bond donors (Lipinski definition) is 1. The molecule has 0 radical (unpaired) electrons. The van der Waals surface area contributed by atoms with Gasteiger partial charge in [0.05, 0.1) is 0 Å². The number of rotatable bonds is 1. The maximum atomic E-state index is 3.53. The van der Waals surface area contributed by atoms with E-state index in [1.54, 1.807) is 0 Å². The first-order valence-electron chi connectivity index (χ1n) is 5.63. The predicted molar refractivity (Wildman–Crippen MR) is 58.8 cm³/mol. The van der Waals surface area contributed by atoms with Gasteiger partial charge in [-0.3, -0.25) is 0 Å². The van der Waals surface area contributed by atoms with Crippen molar-refractivity contribution in [1.29, 1.82) is 0 Å². The van der Waals surface area contributed by atoms with E-state index in [1.165, 1.54) is 19.5 Å². The van der Waals surface area contributed by atoms with Crippen LogP contribution in [0.4, 0.5) is 0 Å².